The van der Waals surface area contributed by atoms with E-state index in [1.807, 2.05) is 30.7 Å². The Morgan fingerprint density at radius 2 is 1.85 bits per heavy atom. The van der Waals surface area contributed by atoms with Crippen LogP contribution in [0, 0.1) is 5.41 Å². The Morgan fingerprint density at radius 3 is 2.54 bits per heavy atom. The molecule has 0 saturated carbocycles. The van der Waals surface area contributed by atoms with Gasteiger partial charge in [0, 0.05) is 38.8 Å². The number of anilines is 1. The van der Waals surface area contributed by atoms with Gasteiger partial charge in [0.2, 0.25) is 5.95 Å². The largest absolute Gasteiger partial charge is 0.383 e. The van der Waals surface area contributed by atoms with E-state index in [2.05, 4.69) is 36.9 Å². The van der Waals surface area contributed by atoms with Crippen LogP contribution in [0.3, 0.4) is 0 Å². The number of nitrogens with zero attached hydrogens (tertiary/aromatic N) is 5. The predicted molar refractivity (Wildman–Crippen MR) is 101 cm³/mol. The van der Waals surface area contributed by atoms with Crippen molar-refractivity contribution in [3.05, 3.63) is 48.5 Å². The van der Waals surface area contributed by atoms with Crippen molar-refractivity contribution in [3.8, 4) is 0 Å². The summed E-state index contributed by atoms with van der Waals surface area (Å²) >= 11 is 0. The number of ether oxygens (including phenoxy) is 1. The highest BCUT2D eigenvalue weighted by atomic mass is 16.5. The third kappa shape index (κ3) is 3.71. The van der Waals surface area contributed by atoms with Crippen molar-refractivity contribution in [2.45, 2.75) is 31.8 Å². The molecule has 4 rings (SSSR count). The zero-order chi connectivity index (χ0) is 17.8. The molecule has 0 N–H and O–H groups in total. The second kappa shape index (κ2) is 7.68. The second-order valence-electron chi connectivity index (χ2n) is 7.59. The molecule has 4 heterocycles. The molecule has 2 aliphatic rings. The molecule has 2 aliphatic heterocycles. The summed E-state index contributed by atoms with van der Waals surface area (Å²) in [6.07, 6.45) is 9.12. The average Bonchev–Trinajstić information content (AvgIpc) is 3.04. The first-order valence-electron chi connectivity index (χ1n) is 9.43. The Balaban J connectivity index is 1.41. The summed E-state index contributed by atoms with van der Waals surface area (Å²) in [4.78, 5) is 18.3. The minimum atomic E-state index is 0.350. The van der Waals surface area contributed by atoms with E-state index in [0.29, 0.717) is 11.5 Å². The van der Waals surface area contributed by atoms with Gasteiger partial charge in [-0.25, -0.2) is 9.97 Å². The fraction of sp³-hybridized carbons (Fsp3) is 0.550. The third-order valence-corrected chi connectivity index (χ3v) is 5.81. The molecule has 2 fully saturated rings. The summed E-state index contributed by atoms with van der Waals surface area (Å²) in [5.74, 6) is 0.836. The van der Waals surface area contributed by atoms with Gasteiger partial charge in [0.05, 0.1) is 18.3 Å². The normalized spacial score (nSPS) is 22.8. The minimum absolute atomic E-state index is 0.350. The lowest BCUT2D eigenvalue weighted by Gasteiger charge is -2.39. The molecule has 138 valence electrons. The topological polar surface area (TPSA) is 54.4 Å². The lowest BCUT2D eigenvalue weighted by Crippen LogP contribution is -2.41. The predicted octanol–water partition coefficient (Wildman–Crippen LogP) is 2.38. The van der Waals surface area contributed by atoms with E-state index < -0.39 is 0 Å². The first kappa shape index (κ1) is 17.4. The van der Waals surface area contributed by atoms with Crippen LogP contribution < -0.4 is 4.90 Å². The van der Waals surface area contributed by atoms with Gasteiger partial charge in [0.15, 0.2) is 0 Å². The van der Waals surface area contributed by atoms with Crippen molar-refractivity contribution < 1.29 is 4.74 Å². The lowest BCUT2D eigenvalue weighted by molar-refractivity contribution is 0.105. The van der Waals surface area contributed by atoms with E-state index >= 15 is 0 Å². The van der Waals surface area contributed by atoms with Crippen LogP contribution >= 0.6 is 0 Å². The molecule has 26 heavy (non-hydrogen) atoms. The van der Waals surface area contributed by atoms with Gasteiger partial charge in [-0.1, -0.05) is 6.07 Å². The first-order valence-corrected chi connectivity index (χ1v) is 9.43. The molecule has 6 heteroatoms. The summed E-state index contributed by atoms with van der Waals surface area (Å²) in [7, 11) is 1.78. The van der Waals surface area contributed by atoms with Gasteiger partial charge >= 0.3 is 0 Å². The Labute approximate surface area is 155 Å². The maximum absolute atomic E-state index is 5.50. The molecule has 2 aromatic rings. The molecule has 6 nitrogen and oxygen atoms in total. The van der Waals surface area contributed by atoms with Gasteiger partial charge in [-0.2, -0.15) is 0 Å². The Bertz CT molecular complexity index is 688. The maximum Gasteiger partial charge on any atom is 0.225 e. The summed E-state index contributed by atoms with van der Waals surface area (Å²) < 4.78 is 5.50. The van der Waals surface area contributed by atoms with Crippen molar-refractivity contribution in [1.29, 1.82) is 0 Å². The minimum Gasteiger partial charge on any atom is -0.383 e. The van der Waals surface area contributed by atoms with Gasteiger partial charge in [-0.05, 0) is 56.0 Å². The molecule has 2 aromatic heterocycles. The number of hydrogen-bond acceptors (Lipinski definition) is 6. The lowest BCUT2D eigenvalue weighted by atomic mass is 9.76. The van der Waals surface area contributed by atoms with E-state index in [0.717, 1.165) is 50.8 Å². The van der Waals surface area contributed by atoms with E-state index in [1.165, 1.54) is 12.8 Å². The van der Waals surface area contributed by atoms with E-state index in [1.54, 1.807) is 7.11 Å². The fourth-order valence-electron chi connectivity index (χ4n) is 4.45. The van der Waals surface area contributed by atoms with Crippen molar-refractivity contribution >= 4 is 5.95 Å². The van der Waals surface area contributed by atoms with Crippen LogP contribution in [0.15, 0.2) is 42.9 Å². The third-order valence-electron chi connectivity index (χ3n) is 5.81. The molecular formula is C20H27N5O. The van der Waals surface area contributed by atoms with Gasteiger partial charge < -0.3 is 9.64 Å². The van der Waals surface area contributed by atoms with Crippen molar-refractivity contribution in [2.24, 2.45) is 5.41 Å². The summed E-state index contributed by atoms with van der Waals surface area (Å²) in [6.45, 7) is 4.96. The molecule has 0 aromatic carbocycles. The molecule has 1 unspecified atom stereocenters. The summed E-state index contributed by atoms with van der Waals surface area (Å²) in [5, 5.41) is 0. The zero-order valence-corrected chi connectivity index (χ0v) is 15.4. The summed E-state index contributed by atoms with van der Waals surface area (Å²) in [6, 6.07) is 8.39. The average molecular weight is 353 g/mol. The highest BCUT2D eigenvalue weighted by Gasteiger charge is 2.46. The van der Waals surface area contributed by atoms with E-state index in [9.17, 15) is 0 Å². The first-order chi connectivity index (χ1) is 12.8. The van der Waals surface area contributed by atoms with Crippen LogP contribution in [0.4, 0.5) is 5.95 Å². The van der Waals surface area contributed by atoms with Crippen LogP contribution in [0.2, 0.25) is 0 Å². The quantitative estimate of drug-likeness (QED) is 0.823. The van der Waals surface area contributed by atoms with Gasteiger partial charge in [0.1, 0.15) is 0 Å². The SMILES string of the molecule is COCC1CC2(CCN(Cc3ccccn3)CC2)CN1c1ncccn1. The van der Waals surface area contributed by atoms with Crippen LogP contribution in [-0.4, -0.2) is 59.2 Å². The number of piperidine rings is 1. The number of pyridine rings is 1. The van der Waals surface area contributed by atoms with E-state index in [-0.39, 0.29) is 0 Å². The number of rotatable bonds is 5. The standard InChI is InChI=1S/C20H27N5O/c1-26-15-18-13-20(16-25(18)19-22-9-4-10-23-19)6-11-24(12-7-20)14-17-5-2-3-8-21-17/h2-5,8-10,18H,6-7,11-16H2,1H3. The van der Waals surface area contributed by atoms with Crippen molar-refractivity contribution in [2.75, 3.05) is 38.3 Å². The fourth-order valence-corrected chi connectivity index (χ4v) is 4.45. The molecule has 2 saturated heterocycles. The smallest absolute Gasteiger partial charge is 0.225 e. The molecule has 0 radical (unpaired) electrons. The Hall–Kier alpha value is -2.05. The van der Waals surface area contributed by atoms with Crippen LogP contribution in [0.5, 0.6) is 0 Å². The highest BCUT2D eigenvalue weighted by molar-refractivity contribution is 5.35. The van der Waals surface area contributed by atoms with Gasteiger partial charge in [-0.3, -0.25) is 9.88 Å². The summed E-state index contributed by atoms with van der Waals surface area (Å²) in [5.41, 5.74) is 1.51. The van der Waals surface area contributed by atoms with Gasteiger partial charge in [0.25, 0.3) is 0 Å². The second-order valence-corrected chi connectivity index (χ2v) is 7.59. The molecule has 0 amide bonds. The van der Waals surface area contributed by atoms with E-state index in [4.69, 9.17) is 4.74 Å². The van der Waals surface area contributed by atoms with Crippen molar-refractivity contribution in [3.63, 3.8) is 0 Å². The Morgan fingerprint density at radius 1 is 1.08 bits per heavy atom. The molecule has 0 bridgehead atoms. The maximum atomic E-state index is 5.50. The molecular weight excluding hydrogens is 326 g/mol. The molecule has 1 spiro atoms. The van der Waals surface area contributed by atoms with Gasteiger partial charge in [-0.15, -0.1) is 0 Å². The number of methoxy groups -OCH3 is 1. The zero-order valence-electron chi connectivity index (χ0n) is 15.4. The molecule has 0 aliphatic carbocycles. The monoisotopic (exact) mass is 353 g/mol. The van der Waals surface area contributed by atoms with Crippen molar-refractivity contribution in [1.82, 2.24) is 19.9 Å². The van der Waals surface area contributed by atoms with Crippen LogP contribution in [-0.2, 0) is 11.3 Å². The highest BCUT2D eigenvalue weighted by Crippen LogP contribution is 2.44. The number of aromatic nitrogens is 3. The van der Waals surface area contributed by atoms with Crippen LogP contribution in [0.25, 0.3) is 0 Å². The number of likely N-dealkylation sites (tertiary alicyclic amines) is 1. The van der Waals surface area contributed by atoms with Crippen LogP contribution in [0.1, 0.15) is 25.0 Å². The number of hydrogen-bond donors (Lipinski definition) is 0. The Kier molecular flexibility index (Phi) is 5.13. The molecule has 1 atom stereocenters.